The van der Waals surface area contributed by atoms with Gasteiger partial charge in [0.25, 0.3) is 0 Å². The van der Waals surface area contributed by atoms with Gasteiger partial charge in [0, 0.05) is 5.92 Å². The number of benzene rings is 1. The van der Waals surface area contributed by atoms with Crippen LogP contribution in [0.25, 0.3) is 0 Å². The van der Waals surface area contributed by atoms with Crippen LogP contribution in [0.5, 0.6) is 0 Å². The van der Waals surface area contributed by atoms with E-state index < -0.39 is 20.7 Å². The van der Waals surface area contributed by atoms with Crippen molar-refractivity contribution in [2.45, 2.75) is 50.9 Å². The third kappa shape index (κ3) is 4.44. The average Bonchev–Trinajstić information content (AvgIpc) is 2.66. The number of hydrogen-bond acceptors (Lipinski definition) is 4. The summed E-state index contributed by atoms with van der Waals surface area (Å²) >= 11 is 0. The lowest BCUT2D eigenvalue weighted by molar-refractivity contribution is 0.0170. The standard InChI is InChI=1S/C21H28O4S/c1-3-5-14-19-15-10-11-16-21(19,26(23,24)17-6-4-2)25-20(22)18-12-8-7-9-13-18/h7-13,15-16,19H,3-6,14,17H2,1-2H3. The molecule has 0 heterocycles. The molecule has 0 saturated heterocycles. The van der Waals surface area contributed by atoms with E-state index in [1.807, 2.05) is 19.1 Å². The molecule has 5 heteroatoms. The first-order valence-electron chi connectivity index (χ1n) is 9.33. The zero-order valence-electron chi connectivity index (χ0n) is 15.6. The van der Waals surface area contributed by atoms with Crippen LogP contribution in [-0.2, 0) is 14.6 Å². The highest BCUT2D eigenvalue weighted by atomic mass is 32.2. The van der Waals surface area contributed by atoms with Crippen molar-refractivity contribution >= 4 is 15.8 Å². The molecule has 0 saturated carbocycles. The van der Waals surface area contributed by atoms with Gasteiger partial charge in [-0.25, -0.2) is 13.2 Å². The molecule has 142 valence electrons. The number of rotatable bonds is 9. The van der Waals surface area contributed by atoms with Crippen molar-refractivity contribution < 1.29 is 17.9 Å². The minimum Gasteiger partial charge on any atom is -0.434 e. The Morgan fingerprint density at radius 1 is 1.08 bits per heavy atom. The second kappa shape index (κ2) is 9.17. The molecule has 4 nitrogen and oxygen atoms in total. The largest absolute Gasteiger partial charge is 0.434 e. The summed E-state index contributed by atoms with van der Waals surface area (Å²) in [5, 5.41) is 0. The van der Waals surface area contributed by atoms with Gasteiger partial charge in [-0.05, 0) is 31.1 Å². The SMILES string of the molecule is CCCCC1C=CC=CC1(OC(=O)c1ccccc1)S(=O)(=O)CCCC. The van der Waals surface area contributed by atoms with Gasteiger partial charge >= 0.3 is 5.97 Å². The molecule has 0 aliphatic heterocycles. The molecule has 0 N–H and O–H groups in total. The Bertz CT molecular complexity index is 749. The third-order valence-corrected chi connectivity index (χ3v) is 7.00. The van der Waals surface area contributed by atoms with Crippen LogP contribution in [0.4, 0.5) is 0 Å². The smallest absolute Gasteiger partial charge is 0.340 e. The van der Waals surface area contributed by atoms with Crippen LogP contribution in [0.3, 0.4) is 0 Å². The second-order valence-electron chi connectivity index (χ2n) is 6.64. The molecule has 2 unspecified atom stereocenters. The lowest BCUT2D eigenvalue weighted by Gasteiger charge is -2.37. The highest BCUT2D eigenvalue weighted by molar-refractivity contribution is 7.92. The first-order chi connectivity index (χ1) is 12.5. The molecule has 2 rings (SSSR count). The molecule has 1 aliphatic rings. The van der Waals surface area contributed by atoms with Crippen LogP contribution in [0.15, 0.2) is 54.6 Å². The first-order valence-corrected chi connectivity index (χ1v) is 11.0. The molecule has 26 heavy (non-hydrogen) atoms. The molecule has 0 spiro atoms. The third-order valence-electron chi connectivity index (χ3n) is 4.68. The van der Waals surface area contributed by atoms with E-state index in [2.05, 4.69) is 6.92 Å². The van der Waals surface area contributed by atoms with Gasteiger partial charge in [0.05, 0.1) is 11.3 Å². The number of allylic oxidation sites excluding steroid dienone is 2. The van der Waals surface area contributed by atoms with E-state index in [4.69, 9.17) is 4.74 Å². The number of unbranched alkanes of at least 4 members (excludes halogenated alkanes) is 2. The van der Waals surface area contributed by atoms with Gasteiger partial charge in [-0.3, -0.25) is 0 Å². The minimum atomic E-state index is -3.67. The molecule has 0 fully saturated rings. The van der Waals surface area contributed by atoms with Crippen molar-refractivity contribution in [1.82, 2.24) is 0 Å². The number of sulfone groups is 1. The quantitative estimate of drug-likeness (QED) is 0.587. The second-order valence-corrected chi connectivity index (χ2v) is 8.92. The topological polar surface area (TPSA) is 60.4 Å². The minimum absolute atomic E-state index is 0.00632. The lowest BCUT2D eigenvalue weighted by atomic mass is 9.91. The van der Waals surface area contributed by atoms with Crippen LogP contribution < -0.4 is 0 Å². The molecule has 0 radical (unpaired) electrons. The molecule has 0 bridgehead atoms. The summed E-state index contributed by atoms with van der Waals surface area (Å²) in [5.41, 5.74) is 0.356. The van der Waals surface area contributed by atoms with Crippen LogP contribution in [-0.4, -0.2) is 25.1 Å². The number of hydrogen-bond donors (Lipinski definition) is 0. The summed E-state index contributed by atoms with van der Waals surface area (Å²) in [6, 6.07) is 8.55. The van der Waals surface area contributed by atoms with Crippen molar-refractivity contribution in [2.75, 3.05) is 5.75 Å². The van der Waals surface area contributed by atoms with E-state index in [0.29, 0.717) is 18.4 Å². The van der Waals surface area contributed by atoms with E-state index in [9.17, 15) is 13.2 Å². The Hall–Kier alpha value is -1.88. The molecule has 0 amide bonds. The molecular formula is C21H28O4S. The Labute approximate surface area is 156 Å². The van der Waals surface area contributed by atoms with Crippen LogP contribution in [0, 0.1) is 5.92 Å². The molecule has 1 aliphatic carbocycles. The Kier molecular flexibility index (Phi) is 7.21. The van der Waals surface area contributed by atoms with Crippen molar-refractivity contribution in [3.8, 4) is 0 Å². The van der Waals surface area contributed by atoms with Gasteiger partial charge in [-0.1, -0.05) is 69.5 Å². The fraction of sp³-hybridized carbons (Fsp3) is 0.476. The fourth-order valence-corrected chi connectivity index (χ4v) is 5.28. The van der Waals surface area contributed by atoms with Crippen LogP contribution in [0.2, 0.25) is 0 Å². The van der Waals surface area contributed by atoms with Crippen molar-refractivity contribution in [3.05, 3.63) is 60.2 Å². The van der Waals surface area contributed by atoms with Crippen molar-refractivity contribution in [1.29, 1.82) is 0 Å². The maximum atomic E-state index is 13.2. The Balaban J connectivity index is 2.42. The van der Waals surface area contributed by atoms with Gasteiger partial charge in [-0.2, -0.15) is 0 Å². The highest BCUT2D eigenvalue weighted by Crippen LogP contribution is 2.39. The molecule has 0 aromatic heterocycles. The lowest BCUT2D eigenvalue weighted by Crippen LogP contribution is -2.49. The Morgan fingerprint density at radius 3 is 2.42 bits per heavy atom. The molecule has 1 aromatic carbocycles. The summed E-state index contributed by atoms with van der Waals surface area (Å²) in [6.45, 7) is 4.01. The first kappa shape index (κ1) is 20.4. The van der Waals surface area contributed by atoms with Gasteiger partial charge in [0.1, 0.15) is 0 Å². The van der Waals surface area contributed by atoms with Crippen LogP contribution in [0.1, 0.15) is 56.3 Å². The average molecular weight is 377 g/mol. The Morgan fingerprint density at radius 2 is 1.77 bits per heavy atom. The fourth-order valence-electron chi connectivity index (χ4n) is 3.15. The van der Waals surface area contributed by atoms with Gasteiger partial charge in [0.15, 0.2) is 9.84 Å². The zero-order chi connectivity index (χ0) is 19.0. The number of carbonyl (C=O) groups excluding carboxylic acids is 1. The summed E-state index contributed by atoms with van der Waals surface area (Å²) in [6.07, 6.45) is 10.7. The van der Waals surface area contributed by atoms with E-state index in [1.54, 1.807) is 42.5 Å². The van der Waals surface area contributed by atoms with E-state index in [0.717, 1.165) is 19.3 Å². The summed E-state index contributed by atoms with van der Waals surface area (Å²) < 4.78 is 32.3. The van der Waals surface area contributed by atoms with E-state index >= 15 is 0 Å². The van der Waals surface area contributed by atoms with Gasteiger partial charge in [-0.15, -0.1) is 0 Å². The zero-order valence-corrected chi connectivity index (χ0v) is 16.4. The molecule has 2 atom stereocenters. The predicted molar refractivity (Wildman–Crippen MR) is 105 cm³/mol. The molecular weight excluding hydrogens is 348 g/mol. The van der Waals surface area contributed by atoms with E-state index in [1.165, 1.54) is 0 Å². The maximum Gasteiger partial charge on any atom is 0.340 e. The number of esters is 1. The monoisotopic (exact) mass is 376 g/mol. The normalized spacial score (nSPS) is 22.3. The summed E-state index contributed by atoms with van der Waals surface area (Å²) in [4.78, 5) is 11.1. The highest BCUT2D eigenvalue weighted by Gasteiger charge is 2.50. The maximum absolute atomic E-state index is 13.2. The van der Waals surface area contributed by atoms with Gasteiger partial charge < -0.3 is 4.74 Å². The van der Waals surface area contributed by atoms with Crippen molar-refractivity contribution in [3.63, 3.8) is 0 Å². The number of ether oxygens (including phenoxy) is 1. The van der Waals surface area contributed by atoms with Crippen LogP contribution >= 0.6 is 0 Å². The molecule has 1 aromatic rings. The van der Waals surface area contributed by atoms with E-state index in [-0.39, 0.29) is 11.7 Å². The predicted octanol–water partition coefficient (Wildman–Crippen LogP) is 4.69. The van der Waals surface area contributed by atoms with Crippen molar-refractivity contribution in [2.24, 2.45) is 5.92 Å². The summed E-state index contributed by atoms with van der Waals surface area (Å²) in [5.74, 6) is -0.971. The van der Waals surface area contributed by atoms with Gasteiger partial charge in [0.2, 0.25) is 4.93 Å². The number of carbonyl (C=O) groups is 1. The summed E-state index contributed by atoms with van der Waals surface area (Å²) in [7, 11) is -3.67.